The van der Waals surface area contributed by atoms with E-state index in [0.717, 1.165) is 0 Å². The minimum Gasteiger partial charge on any atom is -0.383 e. The molecule has 0 fully saturated rings. The molecule has 0 saturated heterocycles. The first-order valence-electron chi connectivity index (χ1n) is 6.82. The fraction of sp³-hybridized carbons (Fsp3) is 1.00. The molecule has 0 rings (SSSR count). The molecule has 20 heavy (non-hydrogen) atoms. The first-order chi connectivity index (χ1) is 9.37. The molecule has 1 atom stereocenters. The fourth-order valence-electron chi connectivity index (χ4n) is 1.79. The van der Waals surface area contributed by atoms with Gasteiger partial charge in [0.1, 0.15) is 0 Å². The molecule has 8 heteroatoms. The molecule has 0 aromatic carbocycles. The van der Waals surface area contributed by atoms with E-state index in [9.17, 15) is 8.42 Å². The lowest BCUT2D eigenvalue weighted by Crippen LogP contribution is -2.50. The number of hydrogen-bond acceptors (Lipinski definition) is 5. The highest BCUT2D eigenvalue weighted by Crippen LogP contribution is 2.07. The molecule has 0 aliphatic carbocycles. The zero-order valence-electron chi connectivity index (χ0n) is 13.0. The summed E-state index contributed by atoms with van der Waals surface area (Å²) in [5.41, 5.74) is 5.63. The van der Waals surface area contributed by atoms with Gasteiger partial charge in [-0.25, -0.2) is 0 Å². The van der Waals surface area contributed by atoms with E-state index in [4.69, 9.17) is 15.2 Å². The largest absolute Gasteiger partial charge is 0.383 e. The van der Waals surface area contributed by atoms with Gasteiger partial charge in [-0.05, 0) is 12.3 Å². The Balaban J connectivity index is 4.72. The maximum Gasteiger partial charge on any atom is 0.279 e. The lowest BCUT2D eigenvalue weighted by molar-refractivity contribution is 0.149. The summed E-state index contributed by atoms with van der Waals surface area (Å²) < 4.78 is 38.5. The summed E-state index contributed by atoms with van der Waals surface area (Å²) in [4.78, 5) is 0. The van der Waals surface area contributed by atoms with E-state index in [1.54, 1.807) is 0 Å². The zero-order chi connectivity index (χ0) is 15.6. The standard InChI is InChI=1S/C12H29N3O4S/c1-11(2)9-12(10-13)14-20(16,17)15(5-7-18-3)6-8-19-4/h11-12,14H,5-10,13H2,1-4H3. The molecule has 0 heterocycles. The predicted molar refractivity (Wildman–Crippen MR) is 79.7 cm³/mol. The van der Waals surface area contributed by atoms with Crippen molar-refractivity contribution >= 4 is 10.2 Å². The Morgan fingerprint density at radius 1 is 1.15 bits per heavy atom. The SMILES string of the molecule is COCCN(CCOC)S(=O)(=O)NC(CN)CC(C)C. The zero-order valence-corrected chi connectivity index (χ0v) is 13.8. The van der Waals surface area contributed by atoms with E-state index >= 15 is 0 Å². The van der Waals surface area contributed by atoms with Crippen LogP contribution in [0.25, 0.3) is 0 Å². The van der Waals surface area contributed by atoms with Gasteiger partial charge in [0, 0.05) is 39.9 Å². The lowest BCUT2D eigenvalue weighted by Gasteiger charge is -2.26. The van der Waals surface area contributed by atoms with E-state index in [2.05, 4.69) is 4.72 Å². The third-order valence-corrected chi connectivity index (χ3v) is 4.46. The molecule has 0 bridgehead atoms. The van der Waals surface area contributed by atoms with E-state index in [1.807, 2.05) is 13.8 Å². The van der Waals surface area contributed by atoms with E-state index in [-0.39, 0.29) is 25.7 Å². The van der Waals surface area contributed by atoms with Crippen molar-refractivity contribution in [1.82, 2.24) is 9.03 Å². The minimum absolute atomic E-state index is 0.257. The Labute approximate surface area is 123 Å². The van der Waals surface area contributed by atoms with Gasteiger partial charge in [0.2, 0.25) is 0 Å². The van der Waals surface area contributed by atoms with Gasteiger partial charge in [0.15, 0.2) is 0 Å². The number of rotatable bonds is 12. The summed E-state index contributed by atoms with van der Waals surface area (Å²) in [6.45, 7) is 5.58. The van der Waals surface area contributed by atoms with Crippen LogP contribution in [-0.2, 0) is 19.7 Å². The molecule has 3 N–H and O–H groups in total. The van der Waals surface area contributed by atoms with Crippen LogP contribution >= 0.6 is 0 Å². The monoisotopic (exact) mass is 311 g/mol. The number of ether oxygens (including phenoxy) is 2. The average Bonchev–Trinajstić information content (AvgIpc) is 2.36. The molecule has 0 aliphatic heterocycles. The molecule has 0 radical (unpaired) electrons. The van der Waals surface area contributed by atoms with Gasteiger partial charge >= 0.3 is 0 Å². The number of nitrogens with one attached hydrogen (secondary N) is 1. The topological polar surface area (TPSA) is 93.9 Å². The molecule has 7 nitrogen and oxygen atoms in total. The Hall–Kier alpha value is -0.250. The van der Waals surface area contributed by atoms with Crippen molar-refractivity contribution in [3.8, 4) is 0 Å². The van der Waals surface area contributed by atoms with Gasteiger partial charge in [-0.15, -0.1) is 0 Å². The second-order valence-electron chi connectivity index (χ2n) is 5.07. The second-order valence-corrected chi connectivity index (χ2v) is 6.77. The number of nitrogens with two attached hydrogens (primary N) is 1. The van der Waals surface area contributed by atoms with Crippen LogP contribution in [0.1, 0.15) is 20.3 Å². The molecule has 0 aliphatic rings. The maximum atomic E-state index is 12.3. The van der Waals surface area contributed by atoms with Crippen molar-refractivity contribution in [3.63, 3.8) is 0 Å². The Morgan fingerprint density at radius 3 is 2.00 bits per heavy atom. The fourth-order valence-corrected chi connectivity index (χ4v) is 3.18. The average molecular weight is 311 g/mol. The van der Waals surface area contributed by atoms with E-state index in [1.165, 1.54) is 18.5 Å². The Morgan fingerprint density at radius 2 is 1.65 bits per heavy atom. The summed E-state index contributed by atoms with van der Waals surface area (Å²) in [5, 5.41) is 0. The van der Waals surface area contributed by atoms with E-state index in [0.29, 0.717) is 25.6 Å². The highest BCUT2D eigenvalue weighted by molar-refractivity contribution is 7.87. The maximum absolute atomic E-state index is 12.3. The molecule has 1 unspecified atom stereocenters. The van der Waals surface area contributed by atoms with Crippen LogP contribution in [0.2, 0.25) is 0 Å². The smallest absolute Gasteiger partial charge is 0.279 e. The third kappa shape index (κ3) is 8.13. The molecular formula is C12H29N3O4S. The molecule has 0 spiro atoms. The minimum atomic E-state index is -3.58. The van der Waals surface area contributed by atoms with Crippen molar-refractivity contribution in [3.05, 3.63) is 0 Å². The first kappa shape index (κ1) is 19.8. The molecular weight excluding hydrogens is 282 g/mol. The summed E-state index contributed by atoms with van der Waals surface area (Å²) in [6.07, 6.45) is 0.706. The highest BCUT2D eigenvalue weighted by atomic mass is 32.2. The van der Waals surface area contributed by atoms with Gasteiger partial charge in [0.25, 0.3) is 10.2 Å². The normalized spacial score (nSPS) is 14.2. The van der Waals surface area contributed by atoms with Crippen LogP contribution < -0.4 is 10.5 Å². The van der Waals surface area contributed by atoms with Gasteiger partial charge in [-0.1, -0.05) is 13.8 Å². The third-order valence-electron chi connectivity index (χ3n) is 2.79. The molecule has 0 aromatic heterocycles. The molecule has 0 amide bonds. The van der Waals surface area contributed by atoms with Crippen molar-refractivity contribution in [2.75, 3.05) is 47.1 Å². The quantitative estimate of drug-likeness (QED) is 0.520. The van der Waals surface area contributed by atoms with Crippen molar-refractivity contribution < 1.29 is 17.9 Å². The van der Waals surface area contributed by atoms with Crippen LogP contribution in [-0.4, -0.2) is 65.8 Å². The molecule has 0 aromatic rings. The summed E-state index contributed by atoms with van der Waals surface area (Å²) in [6, 6.07) is -0.257. The van der Waals surface area contributed by atoms with Gasteiger partial charge in [0.05, 0.1) is 13.2 Å². The number of nitrogens with zero attached hydrogens (tertiary/aromatic N) is 1. The molecule has 122 valence electrons. The van der Waals surface area contributed by atoms with Crippen LogP contribution in [0, 0.1) is 5.92 Å². The molecule has 0 saturated carbocycles. The second kappa shape index (κ2) is 10.5. The van der Waals surface area contributed by atoms with Gasteiger partial charge < -0.3 is 15.2 Å². The Kier molecular flexibility index (Phi) is 10.3. The van der Waals surface area contributed by atoms with Crippen molar-refractivity contribution in [1.29, 1.82) is 0 Å². The first-order valence-corrected chi connectivity index (χ1v) is 8.26. The lowest BCUT2D eigenvalue weighted by atomic mass is 10.1. The van der Waals surface area contributed by atoms with Gasteiger partial charge in [-0.2, -0.15) is 17.4 Å². The predicted octanol–water partition coefficient (Wildman–Crippen LogP) is -0.211. The number of hydrogen-bond donors (Lipinski definition) is 2. The van der Waals surface area contributed by atoms with Crippen LogP contribution in [0.4, 0.5) is 0 Å². The Bertz CT molecular complexity index is 328. The van der Waals surface area contributed by atoms with Gasteiger partial charge in [-0.3, -0.25) is 0 Å². The summed E-state index contributed by atoms with van der Waals surface area (Å²) in [7, 11) is -0.505. The van der Waals surface area contributed by atoms with Crippen LogP contribution in [0.3, 0.4) is 0 Å². The van der Waals surface area contributed by atoms with Crippen LogP contribution in [0.15, 0.2) is 0 Å². The van der Waals surface area contributed by atoms with E-state index < -0.39 is 10.2 Å². The van der Waals surface area contributed by atoms with Crippen LogP contribution in [0.5, 0.6) is 0 Å². The highest BCUT2D eigenvalue weighted by Gasteiger charge is 2.24. The van der Waals surface area contributed by atoms with Crippen molar-refractivity contribution in [2.24, 2.45) is 11.7 Å². The summed E-state index contributed by atoms with van der Waals surface area (Å²) in [5.74, 6) is 0.373. The number of methoxy groups -OCH3 is 2. The van der Waals surface area contributed by atoms with Crippen molar-refractivity contribution in [2.45, 2.75) is 26.3 Å². The summed E-state index contributed by atoms with van der Waals surface area (Å²) >= 11 is 0.